The van der Waals surface area contributed by atoms with E-state index < -0.39 is 16.6 Å². The molecule has 0 aliphatic carbocycles. The summed E-state index contributed by atoms with van der Waals surface area (Å²) in [4.78, 5) is 24.7. The number of rotatable bonds is 4. The Hall–Kier alpha value is -2.97. The fourth-order valence-electron chi connectivity index (χ4n) is 1.34. The van der Waals surface area contributed by atoms with Crippen LogP contribution in [0.4, 0.5) is 5.69 Å². The average molecular weight is 264 g/mol. The van der Waals surface area contributed by atoms with Crippen LogP contribution in [-0.2, 0) is 7.05 Å². The lowest BCUT2D eigenvalue weighted by atomic mass is 10.2. The molecular weight excluding hydrogens is 256 g/mol. The lowest BCUT2D eigenvalue weighted by Crippen LogP contribution is -2.00. The highest BCUT2D eigenvalue weighted by molar-refractivity contribution is 5.88. The summed E-state index contributed by atoms with van der Waals surface area (Å²) in [5, 5.41) is 23.5. The molecule has 1 aromatic carbocycles. The Balaban J connectivity index is 2.39. The Kier molecular flexibility index (Phi) is 3.10. The molecule has 0 fully saturated rings. The number of hydrogen-bond acceptors (Lipinski definition) is 6. The van der Waals surface area contributed by atoms with E-state index in [-0.39, 0.29) is 17.3 Å². The van der Waals surface area contributed by atoms with Crippen LogP contribution in [0, 0.1) is 10.1 Å². The zero-order chi connectivity index (χ0) is 14.0. The van der Waals surface area contributed by atoms with Crippen molar-refractivity contribution in [3.05, 3.63) is 40.2 Å². The maximum absolute atomic E-state index is 10.9. The Bertz CT molecular complexity index is 651. The molecule has 2 aromatic rings. The molecule has 19 heavy (non-hydrogen) atoms. The molecule has 1 N–H and O–H groups in total. The summed E-state index contributed by atoms with van der Waals surface area (Å²) in [6.45, 7) is 0. The number of ether oxygens (including phenoxy) is 1. The molecule has 0 saturated carbocycles. The number of carbonyl (C=O) groups is 1. The number of hydrogen-bond donors (Lipinski definition) is 1. The van der Waals surface area contributed by atoms with Crippen LogP contribution in [0.5, 0.6) is 11.8 Å². The first kappa shape index (κ1) is 12.5. The van der Waals surface area contributed by atoms with Gasteiger partial charge in [-0.25, -0.2) is 4.79 Å². The molecule has 2 rings (SSSR count). The van der Waals surface area contributed by atoms with Gasteiger partial charge in [0.1, 0.15) is 6.33 Å². The van der Waals surface area contributed by atoms with Crippen LogP contribution in [0.15, 0.2) is 24.5 Å². The first-order valence-corrected chi connectivity index (χ1v) is 5.02. The van der Waals surface area contributed by atoms with Gasteiger partial charge in [0.05, 0.1) is 10.5 Å². The third-order valence-electron chi connectivity index (χ3n) is 2.18. The number of nitro benzene ring substituents is 1. The summed E-state index contributed by atoms with van der Waals surface area (Å²) in [7, 11) is 1.61. The number of aromatic nitrogens is 3. The highest BCUT2D eigenvalue weighted by atomic mass is 16.6. The smallest absolute Gasteiger partial charge is 0.341 e. The van der Waals surface area contributed by atoms with Crippen LogP contribution < -0.4 is 4.74 Å². The SMILES string of the molecule is Cn1cnc(Oc2ccc(C(=O)O)cc2[N+](=O)[O-])n1. The normalized spacial score (nSPS) is 10.2. The minimum Gasteiger partial charge on any atom is -0.478 e. The van der Waals surface area contributed by atoms with Crippen LogP contribution >= 0.6 is 0 Å². The second-order valence-electron chi connectivity index (χ2n) is 3.55. The zero-order valence-electron chi connectivity index (χ0n) is 9.68. The molecule has 1 heterocycles. The van der Waals surface area contributed by atoms with E-state index in [4.69, 9.17) is 9.84 Å². The summed E-state index contributed by atoms with van der Waals surface area (Å²) in [6, 6.07) is 3.25. The van der Waals surface area contributed by atoms with Gasteiger partial charge >= 0.3 is 17.7 Å². The van der Waals surface area contributed by atoms with Crippen LogP contribution in [0.2, 0.25) is 0 Å². The molecule has 0 aliphatic rings. The molecule has 0 unspecified atom stereocenters. The first-order chi connectivity index (χ1) is 8.97. The predicted molar refractivity (Wildman–Crippen MR) is 61.1 cm³/mol. The number of aryl methyl sites for hydroxylation is 1. The molecule has 0 spiro atoms. The van der Waals surface area contributed by atoms with E-state index in [1.54, 1.807) is 7.05 Å². The second-order valence-corrected chi connectivity index (χ2v) is 3.55. The molecule has 9 heteroatoms. The van der Waals surface area contributed by atoms with E-state index in [1.807, 2.05) is 0 Å². The maximum atomic E-state index is 10.9. The van der Waals surface area contributed by atoms with Crippen molar-refractivity contribution in [1.82, 2.24) is 14.8 Å². The van der Waals surface area contributed by atoms with Crippen LogP contribution in [0.3, 0.4) is 0 Å². The highest BCUT2D eigenvalue weighted by Crippen LogP contribution is 2.30. The van der Waals surface area contributed by atoms with E-state index in [0.717, 1.165) is 6.07 Å². The summed E-state index contributed by atoms with van der Waals surface area (Å²) in [6.07, 6.45) is 1.37. The van der Waals surface area contributed by atoms with Gasteiger partial charge < -0.3 is 9.84 Å². The largest absolute Gasteiger partial charge is 0.478 e. The lowest BCUT2D eigenvalue weighted by molar-refractivity contribution is -0.385. The quantitative estimate of drug-likeness (QED) is 0.650. The Morgan fingerprint density at radius 1 is 1.53 bits per heavy atom. The number of carboxylic acids is 1. The molecule has 9 nitrogen and oxygen atoms in total. The number of benzene rings is 1. The van der Waals surface area contributed by atoms with Crippen LogP contribution in [-0.4, -0.2) is 30.8 Å². The molecule has 98 valence electrons. The fraction of sp³-hybridized carbons (Fsp3) is 0.100. The second kappa shape index (κ2) is 4.72. The Morgan fingerprint density at radius 3 is 2.79 bits per heavy atom. The van der Waals surface area contributed by atoms with Crippen molar-refractivity contribution in [1.29, 1.82) is 0 Å². The average Bonchev–Trinajstić information content (AvgIpc) is 2.74. The van der Waals surface area contributed by atoms with Crippen molar-refractivity contribution in [2.75, 3.05) is 0 Å². The Labute approximate surface area is 106 Å². The molecule has 0 atom stereocenters. The minimum atomic E-state index is -1.26. The van der Waals surface area contributed by atoms with Crippen LogP contribution in [0.1, 0.15) is 10.4 Å². The molecular formula is C10H8N4O5. The van der Waals surface area contributed by atoms with E-state index in [0.29, 0.717) is 0 Å². The monoisotopic (exact) mass is 264 g/mol. The number of nitrogens with zero attached hydrogens (tertiary/aromatic N) is 4. The molecule has 0 aliphatic heterocycles. The molecule has 0 saturated heterocycles. The highest BCUT2D eigenvalue weighted by Gasteiger charge is 2.20. The molecule has 0 bridgehead atoms. The first-order valence-electron chi connectivity index (χ1n) is 5.02. The van der Waals surface area contributed by atoms with Crippen molar-refractivity contribution in [2.24, 2.45) is 7.05 Å². The van der Waals surface area contributed by atoms with Gasteiger partial charge in [0.2, 0.25) is 5.75 Å². The summed E-state index contributed by atoms with van der Waals surface area (Å²) < 4.78 is 6.52. The number of aromatic carboxylic acids is 1. The standard InChI is InChI=1S/C10H8N4O5/c1-13-5-11-10(12-13)19-8-3-2-6(9(15)16)4-7(8)14(17)18/h2-5H,1H3,(H,15,16). The van der Waals surface area contributed by atoms with E-state index in [1.165, 1.54) is 23.1 Å². The lowest BCUT2D eigenvalue weighted by Gasteiger charge is -2.03. The fourth-order valence-corrected chi connectivity index (χ4v) is 1.34. The van der Waals surface area contributed by atoms with Crippen molar-refractivity contribution < 1.29 is 19.6 Å². The van der Waals surface area contributed by atoms with Gasteiger partial charge in [0.15, 0.2) is 0 Å². The van der Waals surface area contributed by atoms with Gasteiger partial charge in [-0.15, -0.1) is 5.10 Å². The third-order valence-corrected chi connectivity index (χ3v) is 2.18. The summed E-state index contributed by atoms with van der Waals surface area (Å²) in [5.74, 6) is -1.38. The van der Waals surface area contributed by atoms with Crippen molar-refractivity contribution in [3.63, 3.8) is 0 Å². The van der Waals surface area contributed by atoms with E-state index in [2.05, 4.69) is 10.1 Å². The van der Waals surface area contributed by atoms with E-state index in [9.17, 15) is 14.9 Å². The molecule has 0 radical (unpaired) electrons. The topological polar surface area (TPSA) is 120 Å². The predicted octanol–water partition coefficient (Wildman–Crippen LogP) is 1.21. The minimum absolute atomic E-state index is 0.0614. The van der Waals surface area contributed by atoms with Gasteiger partial charge in [-0.2, -0.15) is 4.98 Å². The molecule has 1 aromatic heterocycles. The van der Waals surface area contributed by atoms with Crippen LogP contribution in [0.25, 0.3) is 0 Å². The third kappa shape index (κ3) is 2.65. The van der Waals surface area contributed by atoms with Gasteiger partial charge in [-0.05, 0) is 12.1 Å². The van der Waals surface area contributed by atoms with Gasteiger partial charge in [0, 0.05) is 13.1 Å². The van der Waals surface area contributed by atoms with Gasteiger partial charge in [-0.1, -0.05) is 0 Å². The van der Waals surface area contributed by atoms with Gasteiger partial charge in [-0.3, -0.25) is 14.8 Å². The number of carboxylic acid groups (broad SMARTS) is 1. The Morgan fingerprint density at radius 2 is 2.26 bits per heavy atom. The number of nitro groups is 1. The van der Waals surface area contributed by atoms with Gasteiger partial charge in [0.25, 0.3) is 0 Å². The van der Waals surface area contributed by atoms with E-state index >= 15 is 0 Å². The zero-order valence-corrected chi connectivity index (χ0v) is 9.68. The van der Waals surface area contributed by atoms with Crippen molar-refractivity contribution in [2.45, 2.75) is 0 Å². The van der Waals surface area contributed by atoms with Crippen molar-refractivity contribution >= 4 is 11.7 Å². The van der Waals surface area contributed by atoms with Crippen molar-refractivity contribution in [3.8, 4) is 11.8 Å². The maximum Gasteiger partial charge on any atom is 0.341 e. The molecule has 0 amide bonds. The summed E-state index contributed by atoms with van der Waals surface area (Å²) in [5.41, 5.74) is -0.666. The summed E-state index contributed by atoms with van der Waals surface area (Å²) >= 11 is 0.